The maximum atomic E-state index is 13.3. The van der Waals surface area contributed by atoms with Gasteiger partial charge < -0.3 is 10.2 Å². The van der Waals surface area contributed by atoms with E-state index in [1.807, 2.05) is 37.4 Å². The summed E-state index contributed by atoms with van der Waals surface area (Å²) in [5.74, 6) is 0.811. The molecule has 0 radical (unpaired) electrons. The number of nitrogens with zero attached hydrogens (tertiary/aromatic N) is 6. The first-order valence-electron chi connectivity index (χ1n) is 11.3. The van der Waals surface area contributed by atoms with E-state index in [0.29, 0.717) is 13.1 Å². The van der Waals surface area contributed by atoms with Crippen LogP contribution in [0.2, 0.25) is 5.15 Å². The van der Waals surface area contributed by atoms with Crippen molar-refractivity contribution in [2.75, 3.05) is 18.0 Å². The maximum Gasteiger partial charge on any atom is 0.433 e. The number of halogens is 4. The molecule has 4 heterocycles. The van der Waals surface area contributed by atoms with E-state index in [2.05, 4.69) is 30.5 Å². The van der Waals surface area contributed by atoms with Crippen LogP contribution in [0.25, 0.3) is 22.2 Å². The van der Waals surface area contributed by atoms with Gasteiger partial charge in [0.25, 0.3) is 0 Å². The van der Waals surface area contributed by atoms with E-state index in [1.54, 1.807) is 10.9 Å². The van der Waals surface area contributed by atoms with E-state index >= 15 is 0 Å². The summed E-state index contributed by atoms with van der Waals surface area (Å²) in [6, 6.07) is 12.8. The van der Waals surface area contributed by atoms with E-state index in [0.717, 1.165) is 40.8 Å². The molecule has 11 heteroatoms. The van der Waals surface area contributed by atoms with Crippen molar-refractivity contribution in [2.45, 2.75) is 31.6 Å². The van der Waals surface area contributed by atoms with Crippen LogP contribution in [-0.4, -0.2) is 44.1 Å². The van der Waals surface area contributed by atoms with Crippen molar-refractivity contribution in [3.63, 3.8) is 0 Å². The summed E-state index contributed by atoms with van der Waals surface area (Å²) in [7, 11) is 1.87. The van der Waals surface area contributed by atoms with Crippen LogP contribution in [0.3, 0.4) is 0 Å². The lowest BCUT2D eigenvalue weighted by molar-refractivity contribution is -0.141. The Kier molecular flexibility index (Phi) is 6.33. The lowest BCUT2D eigenvalue weighted by atomic mass is 10.0. The third-order valence-corrected chi connectivity index (χ3v) is 6.53. The largest absolute Gasteiger partial charge is 0.433 e. The first-order valence-corrected chi connectivity index (χ1v) is 11.6. The van der Waals surface area contributed by atoms with Gasteiger partial charge in [-0.15, -0.1) is 10.2 Å². The second kappa shape index (κ2) is 9.43. The highest BCUT2D eigenvalue weighted by molar-refractivity contribution is 6.29. The zero-order valence-corrected chi connectivity index (χ0v) is 19.7. The Balaban J connectivity index is 1.30. The van der Waals surface area contributed by atoms with Gasteiger partial charge in [-0.2, -0.15) is 18.3 Å². The summed E-state index contributed by atoms with van der Waals surface area (Å²) >= 11 is 5.68. The quantitative estimate of drug-likeness (QED) is 0.394. The van der Waals surface area contributed by atoms with Gasteiger partial charge in [-0.3, -0.25) is 4.68 Å². The van der Waals surface area contributed by atoms with E-state index in [4.69, 9.17) is 11.6 Å². The first kappa shape index (κ1) is 23.5. The van der Waals surface area contributed by atoms with Gasteiger partial charge in [-0.05, 0) is 30.5 Å². The minimum atomic E-state index is -4.55. The third-order valence-electron chi connectivity index (χ3n) is 6.32. The topological polar surface area (TPSA) is 71.8 Å². The molecule has 3 aromatic heterocycles. The van der Waals surface area contributed by atoms with Gasteiger partial charge in [0.1, 0.15) is 10.8 Å². The predicted molar refractivity (Wildman–Crippen MR) is 128 cm³/mol. The molecule has 0 aliphatic carbocycles. The summed E-state index contributed by atoms with van der Waals surface area (Å²) in [5.41, 5.74) is 0.813. The third kappa shape index (κ3) is 4.81. The molecule has 0 amide bonds. The number of aryl methyl sites for hydroxylation is 1. The van der Waals surface area contributed by atoms with Crippen LogP contribution in [0, 0.1) is 0 Å². The van der Waals surface area contributed by atoms with Crippen molar-refractivity contribution in [1.29, 1.82) is 0 Å². The van der Waals surface area contributed by atoms with Crippen LogP contribution in [0.15, 0.2) is 48.7 Å². The van der Waals surface area contributed by atoms with Gasteiger partial charge in [-0.25, -0.2) is 4.98 Å². The first-order chi connectivity index (χ1) is 16.8. The molecule has 0 saturated carbocycles. The van der Waals surface area contributed by atoms with Crippen LogP contribution in [-0.2, 0) is 19.8 Å². The molecule has 0 spiro atoms. The number of fused-ring (bicyclic) bond motifs is 1. The molecule has 1 aliphatic heterocycles. The molecule has 5 rings (SSSR count). The Labute approximate surface area is 204 Å². The van der Waals surface area contributed by atoms with Crippen LogP contribution in [0.5, 0.6) is 0 Å². The van der Waals surface area contributed by atoms with Crippen molar-refractivity contribution in [2.24, 2.45) is 7.05 Å². The Morgan fingerprint density at radius 2 is 1.77 bits per heavy atom. The van der Waals surface area contributed by atoms with Crippen LogP contribution in [0.4, 0.5) is 19.0 Å². The Hall–Kier alpha value is -3.24. The molecule has 4 aromatic rings. The molecule has 182 valence electrons. The number of piperidine rings is 1. The molecular formula is C24H23ClF3N7. The highest BCUT2D eigenvalue weighted by atomic mass is 35.5. The fourth-order valence-electron chi connectivity index (χ4n) is 4.52. The molecular weight excluding hydrogens is 479 g/mol. The molecule has 1 fully saturated rings. The smallest absolute Gasteiger partial charge is 0.354 e. The second-order valence-corrected chi connectivity index (χ2v) is 8.93. The summed E-state index contributed by atoms with van der Waals surface area (Å²) in [4.78, 5) is 5.68. The molecule has 1 N–H and O–H groups in total. The van der Waals surface area contributed by atoms with E-state index in [9.17, 15) is 13.2 Å². The molecule has 0 bridgehead atoms. The lowest BCUT2D eigenvalue weighted by Crippen LogP contribution is -2.43. The number of alkyl halides is 3. The molecule has 1 saturated heterocycles. The lowest BCUT2D eigenvalue weighted by Gasteiger charge is -2.33. The molecule has 0 atom stereocenters. The number of hydrogen-bond acceptors (Lipinski definition) is 6. The number of anilines is 1. The minimum absolute atomic E-state index is 0.0752. The number of aromatic nitrogens is 5. The van der Waals surface area contributed by atoms with Crippen LogP contribution in [0.1, 0.15) is 24.1 Å². The number of benzene rings is 1. The molecule has 1 aromatic carbocycles. The van der Waals surface area contributed by atoms with Crippen LogP contribution >= 0.6 is 11.6 Å². The van der Waals surface area contributed by atoms with Crippen molar-refractivity contribution in [1.82, 2.24) is 30.3 Å². The zero-order valence-electron chi connectivity index (χ0n) is 18.9. The van der Waals surface area contributed by atoms with Gasteiger partial charge >= 0.3 is 6.18 Å². The standard InChI is InChI=1S/C24H23ClF3N7/c1-34-19(8-11-30-34)21-17-4-2-3-5-18(17)23(33-32-21)35-12-9-16(10-13-35)29-14-15-6-7-20(25)31-22(15)24(26,27)28/h2-8,11,16,29H,9-10,12-14H2,1H3. The highest BCUT2D eigenvalue weighted by Crippen LogP contribution is 2.33. The molecule has 7 nitrogen and oxygen atoms in total. The SMILES string of the molecule is Cn1nccc1-c1nnc(N2CCC(NCc3ccc(Cl)nc3C(F)(F)F)CC2)c2ccccc12. The average Bonchev–Trinajstić information content (AvgIpc) is 3.28. The minimum Gasteiger partial charge on any atom is -0.354 e. The number of hydrogen-bond donors (Lipinski definition) is 1. The van der Waals surface area contributed by atoms with E-state index < -0.39 is 11.9 Å². The van der Waals surface area contributed by atoms with Crippen molar-refractivity contribution >= 4 is 28.2 Å². The fraction of sp³-hybridized carbons (Fsp3) is 0.333. The van der Waals surface area contributed by atoms with Gasteiger partial charge in [-0.1, -0.05) is 41.9 Å². The number of pyridine rings is 1. The van der Waals surface area contributed by atoms with E-state index in [1.165, 1.54) is 12.1 Å². The summed E-state index contributed by atoms with van der Waals surface area (Å²) < 4.78 is 41.8. The van der Waals surface area contributed by atoms with Crippen molar-refractivity contribution < 1.29 is 13.2 Å². The van der Waals surface area contributed by atoms with E-state index in [-0.39, 0.29) is 23.3 Å². The fourth-order valence-corrected chi connectivity index (χ4v) is 4.67. The average molecular weight is 502 g/mol. The second-order valence-electron chi connectivity index (χ2n) is 8.54. The molecule has 35 heavy (non-hydrogen) atoms. The van der Waals surface area contributed by atoms with Crippen LogP contribution < -0.4 is 10.2 Å². The monoisotopic (exact) mass is 501 g/mol. The zero-order chi connectivity index (χ0) is 24.6. The maximum absolute atomic E-state index is 13.3. The van der Waals surface area contributed by atoms with Crippen molar-refractivity contribution in [3.8, 4) is 11.4 Å². The van der Waals surface area contributed by atoms with Gasteiger partial charge in [0, 0.05) is 49.7 Å². The summed E-state index contributed by atoms with van der Waals surface area (Å²) in [5, 5.41) is 18.4. The summed E-state index contributed by atoms with van der Waals surface area (Å²) in [6.45, 7) is 1.50. The normalized spacial score (nSPS) is 15.2. The van der Waals surface area contributed by atoms with Gasteiger partial charge in [0.05, 0.1) is 5.69 Å². The Morgan fingerprint density at radius 1 is 1.03 bits per heavy atom. The van der Waals surface area contributed by atoms with Gasteiger partial charge in [0.2, 0.25) is 0 Å². The number of rotatable bonds is 5. The highest BCUT2D eigenvalue weighted by Gasteiger charge is 2.35. The Bertz CT molecular complexity index is 1350. The van der Waals surface area contributed by atoms with Gasteiger partial charge in [0.15, 0.2) is 11.5 Å². The number of nitrogens with one attached hydrogen (secondary N) is 1. The predicted octanol–water partition coefficient (Wildman–Crippen LogP) is 4.86. The molecule has 1 aliphatic rings. The molecule has 0 unspecified atom stereocenters. The summed E-state index contributed by atoms with van der Waals surface area (Å²) in [6.07, 6.45) is -1.29. The Morgan fingerprint density at radius 3 is 2.46 bits per heavy atom. The van der Waals surface area contributed by atoms with Crippen molar-refractivity contribution in [3.05, 3.63) is 65.1 Å².